The zero-order chi connectivity index (χ0) is 19.7. The van der Waals surface area contributed by atoms with Gasteiger partial charge in [-0.3, -0.25) is 0 Å². The Bertz CT molecular complexity index is 1130. The van der Waals surface area contributed by atoms with Gasteiger partial charge in [0.1, 0.15) is 17.2 Å². The van der Waals surface area contributed by atoms with Crippen LogP contribution >= 0.6 is 0 Å². The molecule has 0 bridgehead atoms. The molecule has 3 aromatic rings. The minimum atomic E-state index is -0.414. The van der Waals surface area contributed by atoms with Crippen molar-refractivity contribution in [1.82, 2.24) is 15.6 Å². The van der Waals surface area contributed by atoms with Gasteiger partial charge < -0.3 is 10.6 Å². The van der Waals surface area contributed by atoms with E-state index in [9.17, 15) is 8.78 Å². The molecule has 1 aliphatic heterocycles. The average Bonchev–Trinajstić information content (AvgIpc) is 2.72. The molecule has 0 radical (unpaired) electrons. The first-order chi connectivity index (χ1) is 13.6. The van der Waals surface area contributed by atoms with Gasteiger partial charge in [-0.25, -0.2) is 13.8 Å². The van der Waals surface area contributed by atoms with Crippen molar-refractivity contribution in [2.75, 3.05) is 20.1 Å². The lowest BCUT2D eigenvalue weighted by molar-refractivity contribution is 0.459. The molecule has 0 saturated carbocycles. The highest BCUT2D eigenvalue weighted by Gasteiger charge is 2.18. The summed E-state index contributed by atoms with van der Waals surface area (Å²) in [5, 5.41) is 7.95. The van der Waals surface area contributed by atoms with Crippen molar-refractivity contribution in [3.63, 3.8) is 0 Å². The molecule has 2 N–H and O–H groups in total. The number of hydrogen-bond donors (Lipinski definition) is 2. The summed E-state index contributed by atoms with van der Waals surface area (Å²) in [6.07, 6.45) is 3.71. The number of fused-ring (bicyclic) bond motifs is 1. The first-order valence-electron chi connectivity index (χ1n) is 9.54. The molecule has 1 aromatic heterocycles. The highest BCUT2D eigenvalue weighted by molar-refractivity contribution is 5.83. The summed E-state index contributed by atoms with van der Waals surface area (Å²) in [7, 11) is 1.74. The summed E-state index contributed by atoms with van der Waals surface area (Å²) in [5.41, 5.74) is 2.47. The fourth-order valence-electron chi connectivity index (χ4n) is 3.86. The van der Waals surface area contributed by atoms with Crippen molar-refractivity contribution in [2.24, 2.45) is 0 Å². The predicted octanol–water partition coefficient (Wildman–Crippen LogP) is 3.01. The Morgan fingerprint density at radius 3 is 2.64 bits per heavy atom. The maximum atomic E-state index is 14.9. The lowest BCUT2D eigenvalue weighted by atomic mass is 9.89. The molecule has 144 valence electrons. The largest absolute Gasteiger partial charge is 0.393 e. The Hall–Kier alpha value is -2.79. The van der Waals surface area contributed by atoms with Gasteiger partial charge >= 0.3 is 0 Å². The van der Waals surface area contributed by atoms with Crippen molar-refractivity contribution >= 4 is 23.7 Å². The van der Waals surface area contributed by atoms with Crippen molar-refractivity contribution in [2.45, 2.75) is 18.8 Å². The molecule has 0 aliphatic carbocycles. The van der Waals surface area contributed by atoms with Crippen molar-refractivity contribution in [1.29, 1.82) is 0 Å². The van der Waals surface area contributed by atoms with E-state index in [2.05, 4.69) is 22.2 Å². The number of rotatable bonds is 3. The topological polar surface area (TPSA) is 37.0 Å². The van der Waals surface area contributed by atoms with E-state index < -0.39 is 5.82 Å². The van der Waals surface area contributed by atoms with Crippen LogP contribution in [0.4, 0.5) is 8.78 Å². The highest BCUT2D eigenvalue weighted by atomic mass is 19.1. The second-order valence-corrected chi connectivity index (χ2v) is 7.25. The van der Waals surface area contributed by atoms with Crippen LogP contribution in [0.3, 0.4) is 0 Å². The van der Waals surface area contributed by atoms with Gasteiger partial charge in [0.05, 0.1) is 5.69 Å². The van der Waals surface area contributed by atoms with Crippen LogP contribution in [0.25, 0.3) is 34.9 Å². The van der Waals surface area contributed by atoms with Crippen LogP contribution in [-0.4, -0.2) is 25.1 Å². The van der Waals surface area contributed by atoms with Gasteiger partial charge in [-0.1, -0.05) is 12.6 Å². The van der Waals surface area contributed by atoms with E-state index >= 15 is 0 Å². The van der Waals surface area contributed by atoms with Gasteiger partial charge in [0.25, 0.3) is 0 Å². The average molecular weight is 379 g/mol. The summed E-state index contributed by atoms with van der Waals surface area (Å²) in [4.78, 5) is 4.49. The summed E-state index contributed by atoms with van der Waals surface area (Å²) in [6.45, 7) is 5.68. The van der Waals surface area contributed by atoms with Crippen LogP contribution in [0.2, 0.25) is 0 Å². The number of benzene rings is 2. The van der Waals surface area contributed by atoms with Gasteiger partial charge in [0.2, 0.25) is 0 Å². The quantitative estimate of drug-likeness (QED) is 0.735. The zero-order valence-electron chi connectivity index (χ0n) is 15.9. The normalized spacial score (nSPS) is 15.9. The molecule has 1 fully saturated rings. The smallest absolute Gasteiger partial charge is 0.149 e. The summed E-state index contributed by atoms with van der Waals surface area (Å²) in [5.74, 6) is -0.370. The number of halogens is 2. The molecule has 1 aliphatic rings. The van der Waals surface area contributed by atoms with E-state index in [1.165, 1.54) is 6.07 Å². The van der Waals surface area contributed by atoms with E-state index in [4.69, 9.17) is 0 Å². The molecule has 2 aromatic carbocycles. The summed E-state index contributed by atoms with van der Waals surface area (Å²) < 4.78 is 29.1. The Labute approximate surface area is 162 Å². The maximum Gasteiger partial charge on any atom is 0.149 e. The first kappa shape index (κ1) is 18.6. The number of hydrogen-bond acceptors (Lipinski definition) is 3. The third-order valence-electron chi connectivity index (χ3n) is 5.40. The minimum absolute atomic E-state index is 0.313. The number of pyridine rings is 1. The van der Waals surface area contributed by atoms with Crippen molar-refractivity contribution < 1.29 is 8.78 Å². The Balaban J connectivity index is 1.79. The molecule has 4 rings (SSSR count). The lowest BCUT2D eigenvalue weighted by Gasteiger charge is -2.23. The number of piperidine rings is 1. The molecule has 28 heavy (non-hydrogen) atoms. The minimum Gasteiger partial charge on any atom is -0.393 e. The third-order valence-corrected chi connectivity index (χ3v) is 5.40. The van der Waals surface area contributed by atoms with E-state index in [-0.39, 0.29) is 5.82 Å². The fourth-order valence-corrected chi connectivity index (χ4v) is 3.86. The number of nitrogens with zero attached hydrogens (tertiary/aromatic N) is 1. The molecule has 1 saturated heterocycles. The van der Waals surface area contributed by atoms with Crippen molar-refractivity contribution in [3.8, 4) is 11.3 Å². The Morgan fingerprint density at radius 1 is 1.11 bits per heavy atom. The number of aromatic nitrogens is 1. The van der Waals surface area contributed by atoms with Gasteiger partial charge in [0.15, 0.2) is 0 Å². The Morgan fingerprint density at radius 2 is 1.89 bits per heavy atom. The molecule has 5 heteroatoms. The molecular weight excluding hydrogens is 356 g/mol. The zero-order valence-corrected chi connectivity index (χ0v) is 15.9. The molecule has 2 heterocycles. The van der Waals surface area contributed by atoms with Crippen LogP contribution in [0.1, 0.15) is 24.3 Å². The van der Waals surface area contributed by atoms with E-state index in [0.717, 1.165) is 36.9 Å². The van der Waals surface area contributed by atoms with Crippen LogP contribution in [0, 0.1) is 11.6 Å². The monoisotopic (exact) mass is 379 g/mol. The van der Waals surface area contributed by atoms with Gasteiger partial charge in [0, 0.05) is 34.6 Å². The van der Waals surface area contributed by atoms with Crippen LogP contribution in [-0.2, 0) is 0 Å². The number of nitrogens with one attached hydrogen (secondary N) is 2. The van der Waals surface area contributed by atoms with E-state index in [1.807, 2.05) is 18.2 Å². The standard InChI is InChI=1S/C23H23F2N3/c1-14-19(13-26-2)10-18(12-20(14)24)22-4-3-16-9-17(11-21(25)23(16)28-22)15-5-7-27-8-6-15/h3-4,9-13,15,26-27H,1,5-8H2,2H3/b19-13-. The maximum absolute atomic E-state index is 14.9. The Kier molecular flexibility index (Phi) is 5.09. The van der Waals surface area contributed by atoms with Crippen LogP contribution < -0.4 is 21.1 Å². The summed E-state index contributed by atoms with van der Waals surface area (Å²) >= 11 is 0. The van der Waals surface area contributed by atoms with E-state index in [1.54, 1.807) is 25.4 Å². The van der Waals surface area contributed by atoms with Crippen LogP contribution in [0.15, 0.2) is 36.4 Å². The highest BCUT2D eigenvalue weighted by Crippen LogP contribution is 2.30. The fraction of sp³-hybridized carbons (Fsp3) is 0.261. The van der Waals surface area contributed by atoms with Gasteiger partial charge in [-0.2, -0.15) is 0 Å². The molecular formula is C23H23F2N3. The predicted molar refractivity (Wildman–Crippen MR) is 110 cm³/mol. The van der Waals surface area contributed by atoms with Gasteiger partial charge in [-0.05, 0) is 67.7 Å². The molecule has 3 nitrogen and oxygen atoms in total. The van der Waals surface area contributed by atoms with E-state index in [0.29, 0.717) is 33.1 Å². The molecule has 0 amide bonds. The molecule has 0 unspecified atom stereocenters. The van der Waals surface area contributed by atoms with Crippen molar-refractivity contribution in [3.05, 3.63) is 64.0 Å². The van der Waals surface area contributed by atoms with Gasteiger partial charge in [-0.15, -0.1) is 0 Å². The third kappa shape index (κ3) is 3.50. The SMILES string of the molecule is C=c1c(F)cc(-c2ccc3cc(C4CCNCC4)cc(F)c3n2)c/c1=C/NC. The second kappa shape index (κ2) is 7.68. The first-order valence-corrected chi connectivity index (χ1v) is 9.54. The van der Waals surface area contributed by atoms with Crippen LogP contribution in [0.5, 0.6) is 0 Å². The second-order valence-electron chi connectivity index (χ2n) is 7.25. The molecule has 0 spiro atoms. The summed E-state index contributed by atoms with van der Waals surface area (Å²) in [6, 6.07) is 10.5. The molecule has 0 atom stereocenters. The lowest BCUT2D eigenvalue weighted by Crippen LogP contribution is -2.28.